The van der Waals surface area contributed by atoms with E-state index in [2.05, 4.69) is 7.05 Å². The zero-order valence-electron chi connectivity index (χ0n) is 9.58. The molecule has 0 atom stereocenters. The molecule has 0 bridgehead atoms. The Labute approximate surface area is 86.6 Å². The average Bonchev–Trinajstić information content (AvgIpc) is 2.16. The second kappa shape index (κ2) is 4.89. The van der Waals surface area contributed by atoms with Crippen LogP contribution < -0.4 is 0 Å². The number of rotatable bonds is 4. The Morgan fingerprint density at radius 2 is 2.00 bits per heavy atom. The summed E-state index contributed by atoms with van der Waals surface area (Å²) < 4.78 is 6.17. The van der Waals surface area contributed by atoms with E-state index in [-0.39, 0.29) is 0 Å². The van der Waals surface area contributed by atoms with Crippen LogP contribution in [-0.2, 0) is 9.53 Å². The van der Waals surface area contributed by atoms with Gasteiger partial charge in [0.25, 0.3) is 0 Å². The molecule has 0 radical (unpaired) electrons. The van der Waals surface area contributed by atoms with Crippen LogP contribution in [0, 0.1) is 5.92 Å². The minimum atomic E-state index is 0.323. The second-order valence-corrected chi connectivity index (χ2v) is 4.67. The molecule has 0 saturated carbocycles. The number of hydrogen-bond acceptors (Lipinski definition) is 2. The fraction of sp³-hybridized carbons (Fsp3) is 0.909. The number of carbonyl (C=O) groups excluding carboxylic acids is 1. The minimum absolute atomic E-state index is 0.323. The molecule has 1 aliphatic heterocycles. The van der Waals surface area contributed by atoms with Gasteiger partial charge in [-0.25, -0.2) is 0 Å². The first-order chi connectivity index (χ1) is 6.57. The van der Waals surface area contributed by atoms with Gasteiger partial charge in [0.05, 0.1) is 26.7 Å². The standard InChI is InChI=1S/C11H22NO2/c1-10(13)11-4-6-12(2,7-5-11)8-9-14-3/h11H,4-9H2,1-3H3/q+1. The number of likely N-dealkylation sites (tertiary alicyclic amines) is 1. The van der Waals surface area contributed by atoms with Gasteiger partial charge >= 0.3 is 0 Å². The van der Waals surface area contributed by atoms with Crippen LogP contribution in [0.2, 0.25) is 0 Å². The third-order valence-corrected chi connectivity index (χ3v) is 3.44. The van der Waals surface area contributed by atoms with Crippen molar-refractivity contribution in [3.05, 3.63) is 0 Å². The van der Waals surface area contributed by atoms with Gasteiger partial charge in [0.15, 0.2) is 0 Å². The topological polar surface area (TPSA) is 26.3 Å². The molecule has 1 aliphatic rings. The molecule has 0 aliphatic carbocycles. The molecule has 0 aromatic rings. The molecule has 3 heteroatoms. The number of quaternary nitrogens is 1. The largest absolute Gasteiger partial charge is 0.379 e. The molecule has 0 aromatic heterocycles. The van der Waals surface area contributed by atoms with E-state index in [1.54, 1.807) is 14.0 Å². The summed E-state index contributed by atoms with van der Waals surface area (Å²) in [7, 11) is 4.00. The van der Waals surface area contributed by atoms with Crippen molar-refractivity contribution in [2.24, 2.45) is 5.92 Å². The summed E-state index contributed by atoms with van der Waals surface area (Å²) in [6.07, 6.45) is 2.10. The molecule has 82 valence electrons. The van der Waals surface area contributed by atoms with Gasteiger partial charge in [0, 0.05) is 25.9 Å². The first-order valence-electron chi connectivity index (χ1n) is 5.40. The molecule has 1 fully saturated rings. The highest BCUT2D eigenvalue weighted by atomic mass is 16.5. The number of nitrogens with zero attached hydrogens (tertiary/aromatic N) is 1. The van der Waals surface area contributed by atoms with E-state index in [1.165, 1.54) is 0 Å². The van der Waals surface area contributed by atoms with Crippen molar-refractivity contribution in [2.75, 3.05) is 40.4 Å². The van der Waals surface area contributed by atoms with E-state index in [4.69, 9.17) is 4.74 Å². The number of likely N-dealkylation sites (N-methyl/N-ethyl adjacent to an activating group) is 1. The Morgan fingerprint density at radius 1 is 1.43 bits per heavy atom. The van der Waals surface area contributed by atoms with E-state index < -0.39 is 0 Å². The van der Waals surface area contributed by atoms with Gasteiger partial charge in [-0.3, -0.25) is 4.79 Å². The summed E-state index contributed by atoms with van der Waals surface area (Å²) in [5.74, 6) is 0.687. The number of hydrogen-bond donors (Lipinski definition) is 0. The molecule has 14 heavy (non-hydrogen) atoms. The molecular formula is C11H22NO2+. The minimum Gasteiger partial charge on any atom is -0.379 e. The number of Topliss-reactive ketones (excluding diaryl/α,β-unsaturated/α-hetero) is 1. The van der Waals surface area contributed by atoms with Gasteiger partial charge in [0.1, 0.15) is 12.3 Å². The quantitative estimate of drug-likeness (QED) is 0.635. The summed E-state index contributed by atoms with van der Waals surface area (Å²) in [5, 5.41) is 0. The van der Waals surface area contributed by atoms with Gasteiger partial charge in [0.2, 0.25) is 0 Å². The van der Waals surface area contributed by atoms with Crippen LogP contribution in [0.1, 0.15) is 19.8 Å². The first kappa shape index (κ1) is 11.7. The summed E-state index contributed by atoms with van der Waals surface area (Å²) in [6.45, 7) is 5.85. The van der Waals surface area contributed by atoms with Crippen molar-refractivity contribution >= 4 is 5.78 Å². The lowest BCUT2D eigenvalue weighted by molar-refractivity contribution is -0.915. The Kier molecular flexibility index (Phi) is 4.08. The molecule has 1 heterocycles. The van der Waals surface area contributed by atoms with Crippen LogP contribution >= 0.6 is 0 Å². The number of methoxy groups -OCH3 is 1. The van der Waals surface area contributed by atoms with Crippen molar-refractivity contribution in [3.63, 3.8) is 0 Å². The smallest absolute Gasteiger partial charge is 0.133 e. The van der Waals surface area contributed by atoms with Crippen LogP contribution in [0.25, 0.3) is 0 Å². The van der Waals surface area contributed by atoms with Crippen LogP contribution in [-0.4, -0.2) is 50.7 Å². The molecule has 3 nitrogen and oxygen atoms in total. The lowest BCUT2D eigenvalue weighted by Gasteiger charge is -2.39. The summed E-state index contributed by atoms with van der Waals surface area (Å²) in [5.41, 5.74) is 0. The molecule has 1 saturated heterocycles. The Hall–Kier alpha value is -0.410. The highest BCUT2D eigenvalue weighted by Gasteiger charge is 2.31. The van der Waals surface area contributed by atoms with Crippen LogP contribution in [0.15, 0.2) is 0 Å². The van der Waals surface area contributed by atoms with Gasteiger partial charge in [-0.05, 0) is 6.92 Å². The summed E-state index contributed by atoms with van der Waals surface area (Å²) >= 11 is 0. The fourth-order valence-corrected chi connectivity index (χ4v) is 2.13. The van der Waals surface area contributed by atoms with Crippen LogP contribution in [0.4, 0.5) is 0 Å². The Bertz CT molecular complexity index is 195. The van der Waals surface area contributed by atoms with Crippen molar-refractivity contribution in [1.82, 2.24) is 0 Å². The maximum Gasteiger partial charge on any atom is 0.133 e. The van der Waals surface area contributed by atoms with Crippen LogP contribution in [0.3, 0.4) is 0 Å². The van der Waals surface area contributed by atoms with Gasteiger partial charge in [-0.15, -0.1) is 0 Å². The van der Waals surface area contributed by atoms with Gasteiger partial charge in [-0.1, -0.05) is 0 Å². The number of ether oxygens (including phenoxy) is 1. The average molecular weight is 200 g/mol. The van der Waals surface area contributed by atoms with E-state index >= 15 is 0 Å². The maximum atomic E-state index is 11.2. The predicted octanol–water partition coefficient (Wildman–Crippen LogP) is 1.08. The normalized spacial score (nSPS) is 32.9. The lowest BCUT2D eigenvalue weighted by atomic mass is 9.92. The monoisotopic (exact) mass is 200 g/mol. The Morgan fingerprint density at radius 3 is 2.43 bits per heavy atom. The van der Waals surface area contributed by atoms with Crippen molar-refractivity contribution in [1.29, 1.82) is 0 Å². The van der Waals surface area contributed by atoms with Gasteiger partial charge < -0.3 is 9.22 Å². The van der Waals surface area contributed by atoms with E-state index in [1.807, 2.05) is 0 Å². The maximum absolute atomic E-state index is 11.2. The van der Waals surface area contributed by atoms with Crippen molar-refractivity contribution < 1.29 is 14.0 Å². The molecule has 0 N–H and O–H groups in total. The predicted molar refractivity (Wildman–Crippen MR) is 56.1 cm³/mol. The molecule has 1 rings (SSSR count). The molecule has 0 aromatic carbocycles. The summed E-state index contributed by atoms with van der Waals surface area (Å²) in [4.78, 5) is 11.2. The molecule has 0 amide bonds. The van der Waals surface area contributed by atoms with Crippen molar-refractivity contribution in [2.45, 2.75) is 19.8 Å². The number of piperidine rings is 1. The fourth-order valence-electron chi connectivity index (χ4n) is 2.13. The lowest BCUT2D eigenvalue weighted by Crippen LogP contribution is -2.52. The zero-order chi connectivity index (χ0) is 10.6. The van der Waals surface area contributed by atoms with E-state index in [0.717, 1.165) is 43.6 Å². The number of carbonyl (C=O) groups is 1. The second-order valence-electron chi connectivity index (χ2n) is 4.67. The third-order valence-electron chi connectivity index (χ3n) is 3.44. The zero-order valence-corrected chi connectivity index (χ0v) is 9.58. The third kappa shape index (κ3) is 3.07. The highest BCUT2D eigenvalue weighted by molar-refractivity contribution is 5.78. The molecule has 0 spiro atoms. The SMILES string of the molecule is COCC[N+]1(C)CCC(C(C)=O)CC1. The highest BCUT2D eigenvalue weighted by Crippen LogP contribution is 2.22. The Balaban J connectivity index is 2.36. The van der Waals surface area contributed by atoms with Crippen molar-refractivity contribution in [3.8, 4) is 0 Å². The molecule has 0 unspecified atom stereocenters. The van der Waals surface area contributed by atoms with Gasteiger partial charge in [-0.2, -0.15) is 0 Å². The molecular weight excluding hydrogens is 178 g/mol. The van der Waals surface area contributed by atoms with Crippen LogP contribution in [0.5, 0.6) is 0 Å². The summed E-state index contributed by atoms with van der Waals surface area (Å²) in [6, 6.07) is 0. The number of ketones is 1. The van der Waals surface area contributed by atoms with E-state index in [9.17, 15) is 4.79 Å². The first-order valence-corrected chi connectivity index (χ1v) is 5.40. The van der Waals surface area contributed by atoms with E-state index in [0.29, 0.717) is 11.7 Å².